The van der Waals surface area contributed by atoms with Crippen LogP contribution in [0.3, 0.4) is 0 Å². The second-order valence-electron chi connectivity index (χ2n) is 6.72. The highest BCUT2D eigenvalue weighted by molar-refractivity contribution is 5.76. The standard InChI is InChI=1S/C19H30N2O/c1-3-16(13-17-7-5-4-6-8-17)15-20-19(22)14-18-9-11-21(2)12-10-18/h4-8,16,18H,3,9-15H2,1-2H3,(H,20,22). The lowest BCUT2D eigenvalue weighted by Gasteiger charge is -2.28. The topological polar surface area (TPSA) is 32.3 Å². The Morgan fingerprint density at radius 3 is 2.59 bits per heavy atom. The second-order valence-corrected chi connectivity index (χ2v) is 6.72. The summed E-state index contributed by atoms with van der Waals surface area (Å²) >= 11 is 0. The number of hydrogen-bond acceptors (Lipinski definition) is 2. The first-order valence-corrected chi connectivity index (χ1v) is 8.66. The number of nitrogens with one attached hydrogen (secondary N) is 1. The largest absolute Gasteiger partial charge is 0.356 e. The fourth-order valence-electron chi connectivity index (χ4n) is 3.17. The van der Waals surface area contributed by atoms with Crippen LogP contribution in [0.4, 0.5) is 0 Å². The molecule has 1 fully saturated rings. The minimum Gasteiger partial charge on any atom is -0.356 e. The zero-order valence-corrected chi connectivity index (χ0v) is 14.1. The van der Waals surface area contributed by atoms with Crippen LogP contribution in [-0.4, -0.2) is 37.5 Å². The molecule has 1 saturated heterocycles. The first kappa shape index (κ1) is 17.0. The number of amides is 1. The number of piperidine rings is 1. The first-order chi connectivity index (χ1) is 10.7. The second kappa shape index (κ2) is 8.94. The maximum absolute atomic E-state index is 12.1. The van der Waals surface area contributed by atoms with Crippen molar-refractivity contribution < 1.29 is 4.79 Å². The maximum Gasteiger partial charge on any atom is 0.220 e. The highest BCUT2D eigenvalue weighted by atomic mass is 16.1. The molecule has 1 amide bonds. The van der Waals surface area contributed by atoms with E-state index in [0.717, 1.165) is 45.3 Å². The molecule has 0 spiro atoms. The third-order valence-corrected chi connectivity index (χ3v) is 4.84. The number of hydrogen-bond donors (Lipinski definition) is 1. The molecule has 0 radical (unpaired) electrons. The number of rotatable bonds is 7. The molecular weight excluding hydrogens is 272 g/mol. The van der Waals surface area contributed by atoms with Crippen LogP contribution in [0.15, 0.2) is 30.3 Å². The molecule has 0 saturated carbocycles. The van der Waals surface area contributed by atoms with Crippen LogP contribution in [0.5, 0.6) is 0 Å². The van der Waals surface area contributed by atoms with Gasteiger partial charge in [0.2, 0.25) is 5.91 Å². The van der Waals surface area contributed by atoms with Gasteiger partial charge >= 0.3 is 0 Å². The van der Waals surface area contributed by atoms with Crippen LogP contribution >= 0.6 is 0 Å². The van der Waals surface area contributed by atoms with Crippen LogP contribution in [-0.2, 0) is 11.2 Å². The Morgan fingerprint density at radius 1 is 1.27 bits per heavy atom. The van der Waals surface area contributed by atoms with E-state index in [4.69, 9.17) is 0 Å². The maximum atomic E-state index is 12.1. The lowest BCUT2D eigenvalue weighted by Crippen LogP contribution is -2.35. The van der Waals surface area contributed by atoms with E-state index in [1.807, 2.05) is 6.07 Å². The summed E-state index contributed by atoms with van der Waals surface area (Å²) in [7, 11) is 2.16. The number of likely N-dealkylation sites (tertiary alicyclic amines) is 1. The summed E-state index contributed by atoms with van der Waals surface area (Å²) in [6.45, 7) is 5.26. The molecule has 1 aliphatic rings. The minimum absolute atomic E-state index is 0.237. The minimum atomic E-state index is 0.237. The van der Waals surface area contributed by atoms with Crippen molar-refractivity contribution in [2.45, 2.75) is 39.0 Å². The molecule has 3 heteroatoms. The molecule has 3 nitrogen and oxygen atoms in total. The van der Waals surface area contributed by atoms with E-state index in [-0.39, 0.29) is 5.91 Å². The lowest BCUT2D eigenvalue weighted by atomic mass is 9.93. The van der Waals surface area contributed by atoms with Gasteiger partial charge in [0.1, 0.15) is 0 Å². The zero-order chi connectivity index (χ0) is 15.8. The van der Waals surface area contributed by atoms with Gasteiger partial charge in [-0.25, -0.2) is 0 Å². The fourth-order valence-corrected chi connectivity index (χ4v) is 3.17. The van der Waals surface area contributed by atoms with E-state index in [0.29, 0.717) is 18.3 Å². The van der Waals surface area contributed by atoms with E-state index in [1.165, 1.54) is 5.56 Å². The van der Waals surface area contributed by atoms with Gasteiger partial charge < -0.3 is 10.2 Å². The van der Waals surface area contributed by atoms with Gasteiger partial charge in [-0.1, -0.05) is 43.7 Å². The van der Waals surface area contributed by atoms with Crippen molar-refractivity contribution in [1.82, 2.24) is 10.2 Å². The smallest absolute Gasteiger partial charge is 0.220 e. The van der Waals surface area contributed by atoms with E-state index >= 15 is 0 Å². The van der Waals surface area contributed by atoms with Gasteiger partial charge in [-0.15, -0.1) is 0 Å². The molecule has 0 aliphatic carbocycles. The molecule has 1 unspecified atom stereocenters. The number of carbonyl (C=O) groups excluding carboxylic acids is 1. The molecule has 1 aliphatic heterocycles. The van der Waals surface area contributed by atoms with Crippen LogP contribution in [0.2, 0.25) is 0 Å². The molecule has 1 aromatic rings. The number of nitrogens with zero attached hydrogens (tertiary/aromatic N) is 1. The molecule has 1 N–H and O–H groups in total. The van der Waals surface area contributed by atoms with E-state index in [9.17, 15) is 4.79 Å². The molecular formula is C19H30N2O. The van der Waals surface area contributed by atoms with Crippen molar-refractivity contribution in [2.24, 2.45) is 11.8 Å². The molecule has 1 atom stereocenters. The SMILES string of the molecule is CCC(CNC(=O)CC1CCN(C)CC1)Cc1ccccc1. The Hall–Kier alpha value is -1.35. The Kier molecular flexibility index (Phi) is 6.91. The van der Waals surface area contributed by atoms with Gasteiger partial charge in [0.25, 0.3) is 0 Å². The van der Waals surface area contributed by atoms with Gasteiger partial charge in [0.05, 0.1) is 0 Å². The quantitative estimate of drug-likeness (QED) is 0.839. The van der Waals surface area contributed by atoms with Crippen molar-refractivity contribution >= 4 is 5.91 Å². The predicted octanol–water partition coefficient (Wildman–Crippen LogP) is 3.10. The number of benzene rings is 1. The highest BCUT2D eigenvalue weighted by Crippen LogP contribution is 2.19. The van der Waals surface area contributed by atoms with Gasteiger partial charge in [-0.05, 0) is 56.8 Å². The molecule has 0 aromatic heterocycles. The van der Waals surface area contributed by atoms with Crippen LogP contribution in [0.25, 0.3) is 0 Å². The molecule has 1 heterocycles. The van der Waals surface area contributed by atoms with Gasteiger partial charge in [0, 0.05) is 13.0 Å². The zero-order valence-electron chi connectivity index (χ0n) is 14.1. The van der Waals surface area contributed by atoms with Gasteiger partial charge in [0.15, 0.2) is 0 Å². The van der Waals surface area contributed by atoms with Crippen LogP contribution in [0.1, 0.15) is 38.2 Å². The van der Waals surface area contributed by atoms with Crippen molar-refractivity contribution in [3.63, 3.8) is 0 Å². The summed E-state index contributed by atoms with van der Waals surface area (Å²) in [5, 5.41) is 3.16. The Labute approximate surface area is 135 Å². The highest BCUT2D eigenvalue weighted by Gasteiger charge is 2.19. The van der Waals surface area contributed by atoms with E-state index in [2.05, 4.69) is 48.5 Å². The van der Waals surface area contributed by atoms with Crippen molar-refractivity contribution in [3.8, 4) is 0 Å². The van der Waals surface area contributed by atoms with Crippen LogP contribution in [0, 0.1) is 11.8 Å². The molecule has 0 bridgehead atoms. The third-order valence-electron chi connectivity index (χ3n) is 4.84. The summed E-state index contributed by atoms with van der Waals surface area (Å²) in [4.78, 5) is 14.5. The summed E-state index contributed by atoms with van der Waals surface area (Å²) in [5.74, 6) is 1.34. The average molecular weight is 302 g/mol. The normalized spacial score (nSPS) is 18.1. The summed E-state index contributed by atoms with van der Waals surface area (Å²) < 4.78 is 0. The van der Waals surface area contributed by atoms with Crippen LogP contribution < -0.4 is 5.32 Å². The van der Waals surface area contributed by atoms with Crippen molar-refractivity contribution in [1.29, 1.82) is 0 Å². The molecule has 1 aromatic carbocycles. The fraction of sp³-hybridized carbons (Fsp3) is 0.632. The van der Waals surface area contributed by atoms with Gasteiger partial charge in [-0.3, -0.25) is 4.79 Å². The Balaban J connectivity index is 1.70. The summed E-state index contributed by atoms with van der Waals surface area (Å²) in [6.07, 6.45) is 5.17. The third kappa shape index (κ3) is 5.80. The summed E-state index contributed by atoms with van der Waals surface area (Å²) in [6, 6.07) is 10.6. The Bertz CT molecular complexity index is 438. The summed E-state index contributed by atoms with van der Waals surface area (Å²) in [5.41, 5.74) is 1.36. The lowest BCUT2D eigenvalue weighted by molar-refractivity contribution is -0.122. The first-order valence-electron chi connectivity index (χ1n) is 8.66. The van der Waals surface area contributed by atoms with E-state index < -0.39 is 0 Å². The number of carbonyl (C=O) groups is 1. The molecule has 122 valence electrons. The van der Waals surface area contributed by atoms with Gasteiger partial charge in [-0.2, -0.15) is 0 Å². The Morgan fingerprint density at radius 2 is 1.95 bits per heavy atom. The van der Waals surface area contributed by atoms with E-state index in [1.54, 1.807) is 0 Å². The monoisotopic (exact) mass is 302 g/mol. The predicted molar refractivity (Wildman–Crippen MR) is 91.8 cm³/mol. The van der Waals surface area contributed by atoms with Crippen molar-refractivity contribution in [2.75, 3.05) is 26.7 Å². The molecule has 22 heavy (non-hydrogen) atoms. The molecule has 2 rings (SSSR count). The van der Waals surface area contributed by atoms with Crippen molar-refractivity contribution in [3.05, 3.63) is 35.9 Å². The average Bonchev–Trinajstić information content (AvgIpc) is 2.54.